The van der Waals surface area contributed by atoms with Gasteiger partial charge in [0.1, 0.15) is 11.6 Å². The molecule has 0 bridgehead atoms. The first-order valence-corrected chi connectivity index (χ1v) is 7.99. The molecular weight excluding hydrogens is 300 g/mol. The van der Waals surface area contributed by atoms with Crippen molar-refractivity contribution in [3.63, 3.8) is 0 Å². The summed E-state index contributed by atoms with van der Waals surface area (Å²) in [4.78, 5) is 37.0. The molecule has 0 aromatic heterocycles. The minimum Gasteiger partial charge on any atom is -0.480 e. The van der Waals surface area contributed by atoms with Crippen molar-refractivity contribution in [1.82, 2.24) is 4.90 Å². The lowest BCUT2D eigenvalue weighted by Crippen LogP contribution is -2.52. The number of hydrogen-bond donors (Lipinski definition) is 2. The summed E-state index contributed by atoms with van der Waals surface area (Å²) < 4.78 is 5.21. The number of amides is 2. The van der Waals surface area contributed by atoms with E-state index in [1.54, 1.807) is 34.6 Å². The van der Waals surface area contributed by atoms with Crippen LogP contribution in [-0.4, -0.2) is 46.2 Å². The number of carboxylic acids is 1. The molecule has 0 saturated carbocycles. The van der Waals surface area contributed by atoms with Crippen molar-refractivity contribution in [1.29, 1.82) is 0 Å². The number of hydrogen-bond acceptors (Lipinski definition) is 5. The normalized spacial score (nSPS) is 12.8. The fraction of sp³-hybridized carbons (Fsp3) is 0.812. The number of ether oxygens (including phenoxy) is 1. The van der Waals surface area contributed by atoms with E-state index in [4.69, 9.17) is 10.5 Å². The molecule has 0 fully saturated rings. The Balaban J connectivity index is 5.23. The van der Waals surface area contributed by atoms with Gasteiger partial charge in [0.25, 0.3) is 0 Å². The molecule has 0 saturated heterocycles. The van der Waals surface area contributed by atoms with Crippen LogP contribution >= 0.6 is 0 Å². The van der Waals surface area contributed by atoms with Crippen LogP contribution in [0.5, 0.6) is 0 Å². The monoisotopic (exact) mass is 330 g/mol. The third-order valence-electron chi connectivity index (χ3n) is 3.12. The SMILES string of the molecule is CC(C)[C@@H](C(=O)O)N(C(=O)CCCCCN)C(=O)OC(C)(C)C. The molecule has 0 aromatic rings. The van der Waals surface area contributed by atoms with E-state index in [9.17, 15) is 19.5 Å². The fourth-order valence-electron chi connectivity index (χ4n) is 2.09. The van der Waals surface area contributed by atoms with Gasteiger partial charge in [-0.25, -0.2) is 14.5 Å². The van der Waals surface area contributed by atoms with Gasteiger partial charge >= 0.3 is 12.1 Å². The number of unbranched alkanes of at least 4 members (excludes halogenated alkanes) is 2. The highest BCUT2D eigenvalue weighted by Gasteiger charge is 2.39. The van der Waals surface area contributed by atoms with Crippen LogP contribution in [0, 0.1) is 5.92 Å². The highest BCUT2D eigenvalue weighted by Crippen LogP contribution is 2.19. The molecule has 1 atom stereocenters. The second-order valence-electron chi connectivity index (χ2n) is 6.87. The van der Waals surface area contributed by atoms with Crippen LogP contribution in [0.2, 0.25) is 0 Å². The van der Waals surface area contributed by atoms with Crippen LogP contribution in [0.15, 0.2) is 0 Å². The molecule has 0 spiro atoms. The second-order valence-corrected chi connectivity index (χ2v) is 6.87. The first kappa shape index (κ1) is 21.4. The Morgan fingerprint density at radius 2 is 1.70 bits per heavy atom. The zero-order valence-electron chi connectivity index (χ0n) is 14.8. The maximum atomic E-state index is 12.4. The molecule has 0 heterocycles. The molecule has 3 N–H and O–H groups in total. The summed E-state index contributed by atoms with van der Waals surface area (Å²) in [6.45, 7) is 8.84. The quantitative estimate of drug-likeness (QED) is 0.661. The van der Waals surface area contributed by atoms with Crippen molar-refractivity contribution in [2.24, 2.45) is 11.7 Å². The van der Waals surface area contributed by atoms with Crippen LogP contribution in [0.3, 0.4) is 0 Å². The average molecular weight is 330 g/mol. The smallest absolute Gasteiger partial charge is 0.417 e. The lowest BCUT2D eigenvalue weighted by molar-refractivity contribution is -0.151. The van der Waals surface area contributed by atoms with Gasteiger partial charge in [-0.3, -0.25) is 4.79 Å². The van der Waals surface area contributed by atoms with Crippen molar-refractivity contribution in [3.8, 4) is 0 Å². The Kier molecular flexibility index (Phi) is 8.82. The minimum absolute atomic E-state index is 0.0930. The summed E-state index contributed by atoms with van der Waals surface area (Å²) in [6, 6.07) is -1.24. The lowest BCUT2D eigenvalue weighted by Gasteiger charge is -2.31. The van der Waals surface area contributed by atoms with Gasteiger partial charge in [0, 0.05) is 6.42 Å². The van der Waals surface area contributed by atoms with E-state index in [1.165, 1.54) is 0 Å². The molecule has 7 heteroatoms. The first-order valence-electron chi connectivity index (χ1n) is 7.99. The standard InChI is InChI=1S/C16H30N2O5/c1-11(2)13(14(20)21)18(15(22)23-16(3,4)5)12(19)9-7-6-8-10-17/h11,13H,6-10,17H2,1-5H3,(H,20,21)/t13-/m0/s1. The molecule has 0 rings (SSSR count). The number of imide groups is 1. The fourth-order valence-corrected chi connectivity index (χ4v) is 2.09. The molecule has 0 aliphatic heterocycles. The van der Waals surface area contributed by atoms with E-state index in [-0.39, 0.29) is 6.42 Å². The van der Waals surface area contributed by atoms with Gasteiger partial charge in [-0.15, -0.1) is 0 Å². The zero-order valence-corrected chi connectivity index (χ0v) is 14.8. The Bertz CT molecular complexity index is 415. The lowest BCUT2D eigenvalue weighted by atomic mass is 10.0. The number of aliphatic carboxylic acids is 1. The Hall–Kier alpha value is -1.63. The highest BCUT2D eigenvalue weighted by atomic mass is 16.6. The van der Waals surface area contributed by atoms with E-state index in [2.05, 4.69) is 0 Å². The molecule has 0 radical (unpaired) electrons. The minimum atomic E-state index is -1.24. The van der Waals surface area contributed by atoms with Crippen molar-refractivity contribution in [3.05, 3.63) is 0 Å². The Morgan fingerprint density at radius 3 is 2.09 bits per heavy atom. The second kappa shape index (κ2) is 9.50. The van der Waals surface area contributed by atoms with Gasteiger partial charge in [-0.2, -0.15) is 0 Å². The number of carbonyl (C=O) groups is 3. The van der Waals surface area contributed by atoms with E-state index in [0.717, 1.165) is 17.7 Å². The van der Waals surface area contributed by atoms with E-state index in [0.29, 0.717) is 13.0 Å². The largest absolute Gasteiger partial charge is 0.480 e. The van der Waals surface area contributed by atoms with Gasteiger partial charge in [0.15, 0.2) is 0 Å². The Labute approximate surface area is 138 Å². The summed E-state index contributed by atoms with van der Waals surface area (Å²) in [6.07, 6.45) is 1.27. The zero-order chi connectivity index (χ0) is 18.2. The van der Waals surface area contributed by atoms with Crippen LogP contribution in [0.25, 0.3) is 0 Å². The third-order valence-corrected chi connectivity index (χ3v) is 3.12. The number of carboxylic acid groups (broad SMARTS) is 1. The van der Waals surface area contributed by atoms with Crippen LogP contribution < -0.4 is 5.73 Å². The number of nitrogens with zero attached hydrogens (tertiary/aromatic N) is 1. The molecule has 0 unspecified atom stereocenters. The molecule has 134 valence electrons. The molecule has 0 aromatic carbocycles. The molecule has 0 aliphatic carbocycles. The van der Waals surface area contributed by atoms with Crippen LogP contribution in [0.4, 0.5) is 4.79 Å². The van der Waals surface area contributed by atoms with Crippen molar-refractivity contribution < 1.29 is 24.2 Å². The summed E-state index contributed by atoms with van der Waals surface area (Å²) in [5, 5.41) is 9.40. The topological polar surface area (TPSA) is 110 Å². The van der Waals surface area contributed by atoms with Gasteiger partial charge < -0.3 is 15.6 Å². The van der Waals surface area contributed by atoms with Gasteiger partial charge in [0.05, 0.1) is 0 Å². The Morgan fingerprint density at radius 1 is 1.13 bits per heavy atom. The summed E-state index contributed by atoms with van der Waals surface area (Å²) in [5.74, 6) is -2.17. The molecule has 0 aliphatic rings. The third kappa shape index (κ3) is 7.97. The van der Waals surface area contributed by atoms with Gasteiger partial charge in [-0.1, -0.05) is 20.3 Å². The molecule has 7 nitrogen and oxygen atoms in total. The summed E-state index contributed by atoms with van der Waals surface area (Å²) in [7, 11) is 0. The van der Waals surface area contributed by atoms with Crippen LogP contribution in [0.1, 0.15) is 60.3 Å². The average Bonchev–Trinajstić information content (AvgIpc) is 2.37. The number of nitrogens with two attached hydrogens (primary N) is 1. The first-order chi connectivity index (χ1) is 10.5. The maximum absolute atomic E-state index is 12.4. The highest BCUT2D eigenvalue weighted by molar-refractivity contribution is 5.96. The van der Waals surface area contributed by atoms with E-state index >= 15 is 0 Å². The van der Waals surface area contributed by atoms with Gasteiger partial charge in [-0.05, 0) is 46.1 Å². The number of rotatable bonds is 8. The molecule has 2 amide bonds. The van der Waals surface area contributed by atoms with Crippen molar-refractivity contribution in [2.45, 2.75) is 71.9 Å². The number of carbonyl (C=O) groups excluding carboxylic acids is 2. The van der Waals surface area contributed by atoms with E-state index < -0.39 is 35.5 Å². The van der Waals surface area contributed by atoms with Crippen molar-refractivity contribution in [2.75, 3.05) is 6.54 Å². The summed E-state index contributed by atoms with van der Waals surface area (Å²) in [5.41, 5.74) is 4.59. The van der Waals surface area contributed by atoms with Crippen LogP contribution in [-0.2, 0) is 14.3 Å². The van der Waals surface area contributed by atoms with E-state index in [1.807, 2.05) is 0 Å². The predicted molar refractivity (Wildman–Crippen MR) is 86.9 cm³/mol. The maximum Gasteiger partial charge on any atom is 0.417 e. The predicted octanol–water partition coefficient (Wildman–Crippen LogP) is 2.38. The van der Waals surface area contributed by atoms with Crippen molar-refractivity contribution >= 4 is 18.0 Å². The summed E-state index contributed by atoms with van der Waals surface area (Å²) >= 11 is 0. The van der Waals surface area contributed by atoms with Gasteiger partial charge in [0.2, 0.25) is 5.91 Å². The molecular formula is C16H30N2O5. The molecule has 23 heavy (non-hydrogen) atoms.